The number of nitrogens with one attached hydrogen (secondary N) is 1. The fraction of sp³-hybridized carbons (Fsp3) is 0.545. The maximum absolute atomic E-state index is 10.9. The van der Waals surface area contributed by atoms with Gasteiger partial charge in [-0.05, 0) is 25.6 Å². The lowest BCUT2D eigenvalue weighted by atomic mass is 10.1. The first-order valence-electron chi connectivity index (χ1n) is 5.45. The summed E-state index contributed by atoms with van der Waals surface area (Å²) in [6.07, 6.45) is 4.73. The van der Waals surface area contributed by atoms with E-state index in [9.17, 15) is 8.42 Å². The highest BCUT2D eigenvalue weighted by Gasteiger charge is 2.11. The summed E-state index contributed by atoms with van der Waals surface area (Å²) in [4.78, 5) is 6.15. The number of nitrogens with zero attached hydrogens (tertiary/aromatic N) is 2. The first-order valence-corrected chi connectivity index (χ1v) is 7.34. The standard InChI is InChI=1S/C11H19N3O2S/c1-10(11-5-4-6-12-9-11)14(2)8-7-13-17(3,15)16/h4-6,9-10,13H,7-8H2,1-3H3/t10-/m1/s1. The molecule has 0 fully saturated rings. The van der Waals surface area contributed by atoms with Gasteiger partial charge in [0.25, 0.3) is 0 Å². The summed E-state index contributed by atoms with van der Waals surface area (Å²) >= 11 is 0. The Kier molecular flexibility index (Phi) is 5.04. The molecule has 0 aromatic carbocycles. The SMILES string of the molecule is C[C@H](c1cccnc1)N(C)CCNS(C)(=O)=O. The van der Waals surface area contributed by atoms with Crippen LogP contribution in [0, 0.1) is 0 Å². The Morgan fingerprint density at radius 2 is 2.24 bits per heavy atom. The van der Waals surface area contributed by atoms with Gasteiger partial charge in [0.2, 0.25) is 10.0 Å². The van der Waals surface area contributed by atoms with E-state index < -0.39 is 10.0 Å². The van der Waals surface area contributed by atoms with Gasteiger partial charge in [-0.2, -0.15) is 0 Å². The van der Waals surface area contributed by atoms with Gasteiger partial charge in [0.1, 0.15) is 0 Å². The van der Waals surface area contributed by atoms with Crippen molar-refractivity contribution in [3.05, 3.63) is 30.1 Å². The molecule has 1 atom stereocenters. The molecule has 96 valence electrons. The number of hydrogen-bond donors (Lipinski definition) is 1. The highest BCUT2D eigenvalue weighted by atomic mass is 32.2. The molecule has 5 nitrogen and oxygen atoms in total. The molecule has 0 radical (unpaired) electrons. The zero-order valence-corrected chi connectivity index (χ0v) is 11.2. The van der Waals surface area contributed by atoms with Gasteiger partial charge in [0.15, 0.2) is 0 Å². The van der Waals surface area contributed by atoms with Crippen LogP contribution in [0.4, 0.5) is 0 Å². The molecule has 1 aromatic rings. The fourth-order valence-electron chi connectivity index (χ4n) is 1.48. The molecule has 0 aliphatic carbocycles. The van der Waals surface area contributed by atoms with Crippen LogP contribution in [0.1, 0.15) is 18.5 Å². The van der Waals surface area contributed by atoms with Gasteiger partial charge in [-0.3, -0.25) is 9.88 Å². The summed E-state index contributed by atoms with van der Waals surface area (Å²) in [5, 5.41) is 0. The Morgan fingerprint density at radius 3 is 2.76 bits per heavy atom. The minimum absolute atomic E-state index is 0.213. The lowest BCUT2D eigenvalue weighted by Gasteiger charge is -2.24. The van der Waals surface area contributed by atoms with Crippen molar-refractivity contribution in [1.82, 2.24) is 14.6 Å². The van der Waals surface area contributed by atoms with E-state index in [0.717, 1.165) is 11.8 Å². The predicted molar refractivity (Wildman–Crippen MR) is 68.1 cm³/mol. The average molecular weight is 257 g/mol. The van der Waals surface area contributed by atoms with E-state index in [4.69, 9.17) is 0 Å². The summed E-state index contributed by atoms with van der Waals surface area (Å²) in [5.41, 5.74) is 1.12. The first kappa shape index (κ1) is 14.1. The number of rotatable bonds is 6. The summed E-state index contributed by atoms with van der Waals surface area (Å²) in [7, 11) is -1.14. The summed E-state index contributed by atoms with van der Waals surface area (Å²) in [5.74, 6) is 0. The monoisotopic (exact) mass is 257 g/mol. The van der Waals surface area contributed by atoms with Crippen molar-refractivity contribution in [2.75, 3.05) is 26.4 Å². The van der Waals surface area contributed by atoms with E-state index >= 15 is 0 Å². The van der Waals surface area contributed by atoms with Crippen LogP contribution in [0.3, 0.4) is 0 Å². The molecule has 6 heteroatoms. The number of aromatic nitrogens is 1. The maximum atomic E-state index is 10.9. The molecule has 0 spiro atoms. The Morgan fingerprint density at radius 1 is 1.53 bits per heavy atom. The third-order valence-corrected chi connectivity index (χ3v) is 3.39. The van der Waals surface area contributed by atoms with Gasteiger partial charge in [-0.1, -0.05) is 6.07 Å². The normalized spacial score (nSPS) is 13.9. The van der Waals surface area contributed by atoms with E-state index in [2.05, 4.69) is 21.5 Å². The number of sulfonamides is 1. The van der Waals surface area contributed by atoms with E-state index in [1.807, 2.05) is 25.4 Å². The highest BCUT2D eigenvalue weighted by molar-refractivity contribution is 7.88. The zero-order valence-electron chi connectivity index (χ0n) is 10.4. The van der Waals surface area contributed by atoms with Gasteiger partial charge in [-0.25, -0.2) is 13.1 Å². The van der Waals surface area contributed by atoms with Crippen molar-refractivity contribution < 1.29 is 8.42 Å². The van der Waals surface area contributed by atoms with E-state index in [1.54, 1.807) is 6.20 Å². The zero-order chi connectivity index (χ0) is 12.9. The van der Waals surface area contributed by atoms with Crippen molar-refractivity contribution in [2.45, 2.75) is 13.0 Å². The van der Waals surface area contributed by atoms with Crippen LogP contribution in [0.25, 0.3) is 0 Å². The minimum Gasteiger partial charge on any atom is -0.298 e. The molecule has 1 heterocycles. The molecule has 0 aliphatic rings. The van der Waals surface area contributed by atoms with E-state index in [1.165, 1.54) is 0 Å². The average Bonchev–Trinajstić information content (AvgIpc) is 2.27. The maximum Gasteiger partial charge on any atom is 0.208 e. The molecular weight excluding hydrogens is 238 g/mol. The second-order valence-corrected chi connectivity index (χ2v) is 5.94. The van der Waals surface area contributed by atoms with Crippen molar-refractivity contribution in [3.63, 3.8) is 0 Å². The van der Waals surface area contributed by atoms with Gasteiger partial charge in [-0.15, -0.1) is 0 Å². The van der Waals surface area contributed by atoms with E-state index in [0.29, 0.717) is 13.1 Å². The Hall–Kier alpha value is -0.980. The molecule has 17 heavy (non-hydrogen) atoms. The lowest BCUT2D eigenvalue weighted by molar-refractivity contribution is 0.266. The molecule has 1 rings (SSSR count). The topological polar surface area (TPSA) is 62.3 Å². The minimum atomic E-state index is -3.10. The molecule has 0 amide bonds. The Balaban J connectivity index is 2.45. The summed E-state index contributed by atoms with van der Waals surface area (Å²) in [6, 6.07) is 4.12. The Labute approximate surface area is 103 Å². The highest BCUT2D eigenvalue weighted by Crippen LogP contribution is 2.16. The molecule has 0 bridgehead atoms. The molecule has 0 saturated heterocycles. The number of likely N-dealkylation sites (N-methyl/N-ethyl adjacent to an activating group) is 1. The van der Waals surface area contributed by atoms with Gasteiger partial charge >= 0.3 is 0 Å². The van der Waals surface area contributed by atoms with Crippen molar-refractivity contribution in [3.8, 4) is 0 Å². The largest absolute Gasteiger partial charge is 0.298 e. The third-order valence-electron chi connectivity index (χ3n) is 2.66. The van der Waals surface area contributed by atoms with Crippen molar-refractivity contribution in [2.24, 2.45) is 0 Å². The summed E-state index contributed by atoms with van der Waals surface area (Å²) in [6.45, 7) is 3.14. The number of hydrogen-bond acceptors (Lipinski definition) is 4. The Bertz CT molecular complexity index is 433. The quantitative estimate of drug-likeness (QED) is 0.811. The van der Waals surface area contributed by atoms with Gasteiger partial charge in [0, 0.05) is 31.5 Å². The van der Waals surface area contributed by atoms with Crippen molar-refractivity contribution >= 4 is 10.0 Å². The van der Waals surface area contributed by atoms with Crippen LogP contribution in [0.15, 0.2) is 24.5 Å². The second-order valence-electron chi connectivity index (χ2n) is 4.11. The van der Waals surface area contributed by atoms with Crippen LogP contribution in [-0.4, -0.2) is 44.7 Å². The summed E-state index contributed by atoms with van der Waals surface area (Å²) < 4.78 is 24.3. The lowest BCUT2D eigenvalue weighted by Crippen LogP contribution is -2.33. The molecule has 0 unspecified atom stereocenters. The molecule has 1 aromatic heterocycles. The molecule has 1 N–H and O–H groups in total. The van der Waals surface area contributed by atoms with Crippen LogP contribution in [-0.2, 0) is 10.0 Å². The van der Waals surface area contributed by atoms with E-state index in [-0.39, 0.29) is 6.04 Å². The van der Waals surface area contributed by atoms with Crippen LogP contribution >= 0.6 is 0 Å². The second kappa shape index (κ2) is 6.09. The van der Waals surface area contributed by atoms with Crippen molar-refractivity contribution in [1.29, 1.82) is 0 Å². The smallest absolute Gasteiger partial charge is 0.208 e. The van der Waals surface area contributed by atoms with Crippen LogP contribution < -0.4 is 4.72 Å². The van der Waals surface area contributed by atoms with Gasteiger partial charge in [0.05, 0.1) is 6.26 Å². The number of pyridine rings is 1. The molecular formula is C11H19N3O2S. The predicted octanol–water partition coefficient (Wildman–Crippen LogP) is 0.624. The fourth-order valence-corrected chi connectivity index (χ4v) is 1.94. The third kappa shape index (κ3) is 5.25. The molecule has 0 aliphatic heterocycles. The molecule has 0 saturated carbocycles. The van der Waals surface area contributed by atoms with Crippen LogP contribution in [0.5, 0.6) is 0 Å². The van der Waals surface area contributed by atoms with Gasteiger partial charge < -0.3 is 0 Å². The van der Waals surface area contributed by atoms with Crippen LogP contribution in [0.2, 0.25) is 0 Å². The first-order chi connectivity index (χ1) is 7.90.